The molecular formula is C28H36N2O7. The van der Waals surface area contributed by atoms with Gasteiger partial charge in [-0.25, -0.2) is 4.79 Å². The third-order valence-electron chi connectivity index (χ3n) is 7.01. The minimum atomic E-state index is -0.952. The molecule has 0 bridgehead atoms. The number of nitrogens with zero attached hydrogens (tertiary/aromatic N) is 2. The zero-order valence-corrected chi connectivity index (χ0v) is 21.9. The van der Waals surface area contributed by atoms with Crippen molar-refractivity contribution in [3.8, 4) is 11.5 Å². The number of hydrogen-bond acceptors (Lipinski definition) is 6. The maximum absolute atomic E-state index is 13.1. The fraction of sp³-hybridized carbons (Fsp3) is 0.500. The lowest BCUT2D eigenvalue weighted by Gasteiger charge is -2.39. The van der Waals surface area contributed by atoms with E-state index in [9.17, 15) is 14.7 Å². The van der Waals surface area contributed by atoms with Crippen molar-refractivity contribution >= 4 is 17.7 Å². The zero-order valence-electron chi connectivity index (χ0n) is 21.9. The van der Waals surface area contributed by atoms with Crippen LogP contribution in [0.1, 0.15) is 43.7 Å². The van der Waals surface area contributed by atoms with Crippen LogP contribution in [0.15, 0.2) is 42.5 Å². The number of carbonyl (C=O) groups excluding carboxylic acids is 1. The first-order chi connectivity index (χ1) is 17.7. The minimum Gasteiger partial charge on any atom is -0.497 e. The Bertz CT molecular complexity index is 1100. The maximum atomic E-state index is 13.1. The number of anilines is 1. The van der Waals surface area contributed by atoms with Crippen LogP contribution in [0.5, 0.6) is 11.5 Å². The Balaban J connectivity index is 1.53. The van der Waals surface area contributed by atoms with Crippen molar-refractivity contribution in [2.45, 2.75) is 50.9 Å². The number of ether oxygens (including phenoxy) is 4. The number of fused-ring (bicyclic) bond motifs is 1. The summed E-state index contributed by atoms with van der Waals surface area (Å²) in [7, 11) is 3.27. The monoisotopic (exact) mass is 512 g/mol. The number of methoxy groups -OCH3 is 2. The van der Waals surface area contributed by atoms with Gasteiger partial charge in [0.15, 0.2) is 5.60 Å². The van der Waals surface area contributed by atoms with Crippen LogP contribution in [0.3, 0.4) is 0 Å². The Morgan fingerprint density at radius 2 is 1.92 bits per heavy atom. The Hall–Kier alpha value is -3.30. The highest BCUT2D eigenvalue weighted by Gasteiger charge is 2.41. The van der Waals surface area contributed by atoms with Crippen LogP contribution in [0.4, 0.5) is 10.5 Å². The average molecular weight is 513 g/mol. The quantitative estimate of drug-likeness (QED) is 0.501. The standard InChI is InChI=1S/C28H36N2O7/c1-28(2)26(31)30(13-5-15-34-3)23-16-19(6-11-24(23)37-28)18-36-25-17-29(27(32)33)14-12-22(25)20-7-9-21(35-4)10-8-20/h6-11,16,22,25H,5,12-15,17-18H2,1-4H3,(H,32,33). The normalized spacial score (nSPS) is 20.8. The summed E-state index contributed by atoms with van der Waals surface area (Å²) >= 11 is 0. The van der Waals surface area contributed by atoms with E-state index in [1.54, 1.807) is 33.0 Å². The second-order valence-corrected chi connectivity index (χ2v) is 9.96. The first-order valence-corrected chi connectivity index (χ1v) is 12.6. The summed E-state index contributed by atoms with van der Waals surface area (Å²) in [5, 5.41) is 9.58. The summed E-state index contributed by atoms with van der Waals surface area (Å²) < 4.78 is 22.8. The van der Waals surface area contributed by atoms with E-state index in [-0.39, 0.29) is 31.1 Å². The van der Waals surface area contributed by atoms with Crippen molar-refractivity contribution in [3.05, 3.63) is 53.6 Å². The van der Waals surface area contributed by atoms with Gasteiger partial charge < -0.3 is 33.9 Å². The van der Waals surface area contributed by atoms with Gasteiger partial charge in [0.25, 0.3) is 5.91 Å². The van der Waals surface area contributed by atoms with E-state index in [4.69, 9.17) is 18.9 Å². The van der Waals surface area contributed by atoms with E-state index in [1.165, 1.54) is 4.90 Å². The molecule has 2 aliphatic heterocycles. The number of carbonyl (C=O) groups is 2. The Morgan fingerprint density at radius 1 is 1.16 bits per heavy atom. The zero-order chi connectivity index (χ0) is 26.6. The molecule has 1 saturated heterocycles. The first-order valence-electron chi connectivity index (χ1n) is 12.6. The third-order valence-corrected chi connectivity index (χ3v) is 7.01. The molecule has 200 valence electrons. The molecule has 0 radical (unpaired) electrons. The fourth-order valence-corrected chi connectivity index (χ4v) is 4.99. The molecule has 0 spiro atoms. The molecule has 2 aromatic carbocycles. The summed E-state index contributed by atoms with van der Waals surface area (Å²) in [6.45, 7) is 5.64. The van der Waals surface area contributed by atoms with E-state index >= 15 is 0 Å². The van der Waals surface area contributed by atoms with Crippen LogP contribution in [-0.2, 0) is 20.9 Å². The minimum absolute atomic E-state index is 0.0513. The fourth-order valence-electron chi connectivity index (χ4n) is 4.99. The highest BCUT2D eigenvalue weighted by molar-refractivity contribution is 6.02. The van der Waals surface area contributed by atoms with Gasteiger partial charge in [-0.2, -0.15) is 0 Å². The summed E-state index contributed by atoms with van der Waals surface area (Å²) in [5.74, 6) is 1.37. The molecule has 9 heteroatoms. The average Bonchev–Trinajstić information content (AvgIpc) is 2.89. The number of amides is 2. The molecule has 2 aromatic rings. The number of rotatable bonds is 9. The van der Waals surface area contributed by atoms with Crippen LogP contribution >= 0.6 is 0 Å². The van der Waals surface area contributed by atoms with Gasteiger partial charge in [0.1, 0.15) is 11.5 Å². The van der Waals surface area contributed by atoms with Crippen LogP contribution < -0.4 is 14.4 Å². The molecule has 1 N–H and O–H groups in total. The lowest BCUT2D eigenvalue weighted by atomic mass is 9.87. The van der Waals surface area contributed by atoms with Crippen molar-refractivity contribution in [2.24, 2.45) is 0 Å². The second kappa shape index (κ2) is 11.4. The highest BCUT2D eigenvalue weighted by Crippen LogP contribution is 2.39. The van der Waals surface area contributed by atoms with Crippen LogP contribution in [0.25, 0.3) is 0 Å². The van der Waals surface area contributed by atoms with Crippen molar-refractivity contribution in [1.82, 2.24) is 4.90 Å². The first kappa shape index (κ1) is 26.8. The number of hydrogen-bond donors (Lipinski definition) is 1. The van der Waals surface area contributed by atoms with Gasteiger partial charge in [-0.15, -0.1) is 0 Å². The van der Waals surface area contributed by atoms with E-state index in [2.05, 4.69) is 0 Å². The van der Waals surface area contributed by atoms with E-state index in [0.717, 1.165) is 16.9 Å². The molecular weight excluding hydrogens is 476 g/mol. The van der Waals surface area contributed by atoms with Crippen molar-refractivity contribution in [1.29, 1.82) is 0 Å². The van der Waals surface area contributed by atoms with Crippen LogP contribution in [-0.4, -0.2) is 74.2 Å². The summed E-state index contributed by atoms with van der Waals surface area (Å²) in [4.78, 5) is 28.0. The molecule has 9 nitrogen and oxygen atoms in total. The molecule has 4 rings (SSSR count). The third kappa shape index (κ3) is 5.99. The van der Waals surface area contributed by atoms with Crippen molar-refractivity contribution in [2.75, 3.05) is 45.4 Å². The predicted molar refractivity (Wildman–Crippen MR) is 139 cm³/mol. The Labute approximate surface area is 217 Å². The van der Waals surface area contributed by atoms with Crippen molar-refractivity contribution < 1.29 is 33.6 Å². The molecule has 2 heterocycles. The Kier molecular flexibility index (Phi) is 8.24. The van der Waals surface area contributed by atoms with Gasteiger partial charge >= 0.3 is 6.09 Å². The van der Waals surface area contributed by atoms with E-state index < -0.39 is 11.7 Å². The molecule has 37 heavy (non-hydrogen) atoms. The number of benzene rings is 2. The summed E-state index contributed by atoms with van der Waals surface area (Å²) in [6.07, 6.45) is 0.109. The van der Waals surface area contributed by atoms with E-state index in [1.807, 2.05) is 42.5 Å². The van der Waals surface area contributed by atoms with Gasteiger partial charge in [-0.05, 0) is 62.1 Å². The van der Waals surface area contributed by atoms with Gasteiger partial charge in [0.2, 0.25) is 0 Å². The highest BCUT2D eigenvalue weighted by atomic mass is 16.5. The lowest BCUT2D eigenvalue weighted by molar-refractivity contribution is -0.132. The van der Waals surface area contributed by atoms with Crippen molar-refractivity contribution in [3.63, 3.8) is 0 Å². The van der Waals surface area contributed by atoms with E-state index in [0.29, 0.717) is 44.0 Å². The molecule has 2 amide bonds. The lowest BCUT2D eigenvalue weighted by Crippen LogP contribution is -2.52. The molecule has 1 fully saturated rings. The summed E-state index contributed by atoms with van der Waals surface area (Å²) in [6, 6.07) is 13.6. The molecule has 0 aromatic heterocycles. The van der Waals surface area contributed by atoms with Crippen LogP contribution in [0, 0.1) is 0 Å². The number of piperidine rings is 1. The summed E-state index contributed by atoms with van der Waals surface area (Å²) in [5.41, 5.74) is 1.73. The Morgan fingerprint density at radius 3 is 2.59 bits per heavy atom. The van der Waals surface area contributed by atoms with Gasteiger partial charge in [0, 0.05) is 32.7 Å². The number of likely N-dealkylation sites (tertiary alicyclic amines) is 1. The number of carboxylic acid groups (broad SMARTS) is 1. The molecule has 0 aliphatic carbocycles. The molecule has 2 aliphatic rings. The van der Waals surface area contributed by atoms with Gasteiger partial charge in [0.05, 0.1) is 32.1 Å². The van der Waals surface area contributed by atoms with Gasteiger partial charge in [-0.3, -0.25) is 4.79 Å². The maximum Gasteiger partial charge on any atom is 0.407 e. The molecule has 2 atom stereocenters. The van der Waals surface area contributed by atoms with Gasteiger partial charge in [-0.1, -0.05) is 18.2 Å². The largest absolute Gasteiger partial charge is 0.497 e. The second-order valence-electron chi connectivity index (χ2n) is 9.96. The molecule has 0 saturated carbocycles. The smallest absolute Gasteiger partial charge is 0.407 e. The SMILES string of the molecule is COCCCN1C(=O)C(C)(C)Oc2ccc(COC3CN(C(=O)O)CCC3c3ccc(OC)cc3)cc21. The van der Waals surface area contributed by atoms with Crippen LogP contribution in [0.2, 0.25) is 0 Å². The predicted octanol–water partition coefficient (Wildman–Crippen LogP) is 4.29. The topological polar surface area (TPSA) is 97.8 Å². The molecule has 2 unspecified atom stereocenters.